The molecule has 0 saturated carbocycles. The van der Waals surface area contributed by atoms with Crippen molar-refractivity contribution in [2.75, 3.05) is 34.7 Å². The van der Waals surface area contributed by atoms with Crippen molar-refractivity contribution in [3.05, 3.63) is 76.9 Å². The molecule has 44 heavy (non-hydrogen) atoms. The summed E-state index contributed by atoms with van der Waals surface area (Å²) in [7, 11) is 4.32. The van der Waals surface area contributed by atoms with Crippen LogP contribution in [0, 0.1) is 0 Å². The maximum Gasteiger partial charge on any atom is 1.00 e. The van der Waals surface area contributed by atoms with Crippen molar-refractivity contribution in [3.8, 4) is 34.5 Å². The van der Waals surface area contributed by atoms with Crippen LogP contribution in [0.2, 0.25) is 0 Å². The van der Waals surface area contributed by atoms with Gasteiger partial charge in [0, 0.05) is 29.1 Å². The maximum atomic E-state index is 13.9. The minimum atomic E-state index is -1.56. The van der Waals surface area contributed by atoms with Crippen LogP contribution in [0.5, 0.6) is 34.5 Å². The first-order valence-electron chi connectivity index (χ1n) is 12.9. The molecule has 0 aromatic heterocycles. The van der Waals surface area contributed by atoms with Gasteiger partial charge in [0.2, 0.25) is 12.5 Å². The minimum absolute atomic E-state index is 0. The fourth-order valence-electron chi connectivity index (χ4n) is 4.46. The zero-order valence-electron chi connectivity index (χ0n) is 25.2. The van der Waals surface area contributed by atoms with Crippen LogP contribution in [0.3, 0.4) is 0 Å². The zero-order chi connectivity index (χ0) is 30.2. The summed E-state index contributed by atoms with van der Waals surface area (Å²) in [6.45, 7) is 0.0180. The monoisotopic (exact) mass is 622 g/mol. The fourth-order valence-corrected chi connectivity index (χ4v) is 4.46. The maximum absolute atomic E-state index is 13.9. The van der Waals surface area contributed by atoms with Crippen LogP contribution in [0.4, 0.5) is 0 Å². The molecule has 0 amide bonds. The van der Waals surface area contributed by atoms with Crippen molar-refractivity contribution in [2.24, 2.45) is 0 Å². The molecule has 11 nitrogen and oxygen atoms in total. The van der Waals surface area contributed by atoms with Gasteiger partial charge in [0.25, 0.3) is 0 Å². The van der Waals surface area contributed by atoms with E-state index < -0.39 is 17.7 Å². The molecule has 0 atom stereocenters. The molecule has 0 fully saturated rings. The van der Waals surface area contributed by atoms with Gasteiger partial charge in [0.05, 0.1) is 33.9 Å². The van der Waals surface area contributed by atoms with Crippen LogP contribution in [-0.2, 0) is 16.0 Å². The van der Waals surface area contributed by atoms with Crippen molar-refractivity contribution in [1.82, 2.24) is 0 Å². The Morgan fingerprint density at radius 3 is 2.07 bits per heavy atom. The number of allylic oxidation sites excluding steroid dienone is 1. The first-order valence-corrected chi connectivity index (χ1v) is 12.9. The molecule has 13 heteroatoms. The largest absolute Gasteiger partial charge is 1.00 e. The third-order valence-electron chi connectivity index (χ3n) is 6.46. The number of fused-ring (bicyclic) bond motifs is 1. The Morgan fingerprint density at radius 1 is 0.795 bits per heavy atom. The number of ether oxygens (including phenoxy) is 6. The summed E-state index contributed by atoms with van der Waals surface area (Å²) < 4.78 is 32.7. The fraction of sp³-hybridized carbons (Fsp3) is 0.258. The summed E-state index contributed by atoms with van der Waals surface area (Å²) in [5, 5.41) is 23.5. The number of rotatable bonds is 14. The van der Waals surface area contributed by atoms with Gasteiger partial charge in [-0.1, -0.05) is 6.07 Å². The molecule has 0 radical (unpaired) electrons. The van der Waals surface area contributed by atoms with Gasteiger partial charge in [-0.25, -0.2) is 0 Å². The second-order valence-electron chi connectivity index (χ2n) is 9.10. The number of carbonyl (C=O) groups is 3. The van der Waals surface area contributed by atoms with Gasteiger partial charge < -0.3 is 48.2 Å². The van der Waals surface area contributed by atoms with Crippen LogP contribution in [0.25, 0.3) is 5.57 Å². The summed E-state index contributed by atoms with van der Waals surface area (Å²) in [4.78, 5) is 37.4. The molecule has 3 aromatic rings. The number of aliphatic carboxylic acids is 2. The van der Waals surface area contributed by atoms with Crippen molar-refractivity contribution in [1.29, 1.82) is 0 Å². The van der Waals surface area contributed by atoms with Gasteiger partial charge in [-0.3, -0.25) is 4.79 Å². The van der Waals surface area contributed by atoms with Gasteiger partial charge in [-0.05, 0) is 72.5 Å². The molecule has 0 N–H and O–H groups in total. The molecular formula is C31H28Na2O11. The summed E-state index contributed by atoms with van der Waals surface area (Å²) in [6, 6.07) is 14.0. The number of Topliss-reactive ketones (excluding diaryl/α,β-unsaturated/α-hetero) is 1. The predicted octanol–water partition coefficient (Wildman–Crippen LogP) is -4.01. The zero-order valence-corrected chi connectivity index (χ0v) is 29.2. The SMILES string of the molecule is COc1ccc(C(=O)/C(Cc2cc(OC)c(OC)c(OCCCC(=O)[O-])c2)=C(\C(=O)[O-])c2ccc3c(c2)OCO3)cc1.[Na+].[Na+]. The average Bonchev–Trinajstić information content (AvgIpc) is 3.46. The van der Waals surface area contributed by atoms with E-state index in [4.69, 9.17) is 28.4 Å². The average molecular weight is 623 g/mol. The van der Waals surface area contributed by atoms with Crippen LogP contribution >= 0.6 is 0 Å². The van der Waals surface area contributed by atoms with E-state index in [2.05, 4.69) is 0 Å². The second kappa shape index (κ2) is 17.3. The Kier molecular flexibility index (Phi) is 14.6. The molecular weight excluding hydrogens is 594 g/mol. The van der Waals surface area contributed by atoms with Gasteiger partial charge in [0.1, 0.15) is 5.75 Å². The van der Waals surface area contributed by atoms with E-state index in [1.165, 1.54) is 45.6 Å². The molecule has 4 rings (SSSR count). The number of carboxylic acids is 2. The third kappa shape index (κ3) is 8.93. The molecule has 0 spiro atoms. The van der Waals surface area contributed by atoms with Crippen molar-refractivity contribution >= 4 is 23.3 Å². The van der Waals surface area contributed by atoms with Gasteiger partial charge in [0.15, 0.2) is 28.8 Å². The quantitative estimate of drug-likeness (QED) is 0.0748. The van der Waals surface area contributed by atoms with Gasteiger partial charge in [-0.2, -0.15) is 0 Å². The van der Waals surface area contributed by atoms with Crippen LogP contribution in [-0.4, -0.2) is 52.5 Å². The molecule has 0 saturated heterocycles. The molecule has 0 unspecified atom stereocenters. The summed E-state index contributed by atoms with van der Waals surface area (Å²) in [5.74, 6) is -1.29. The van der Waals surface area contributed by atoms with Crippen LogP contribution < -0.4 is 97.7 Å². The third-order valence-corrected chi connectivity index (χ3v) is 6.46. The topological polar surface area (TPSA) is 153 Å². The number of hydrogen-bond donors (Lipinski definition) is 0. The molecule has 1 aliphatic rings. The first kappa shape index (κ1) is 37.0. The van der Waals surface area contributed by atoms with Crippen LogP contribution in [0.1, 0.15) is 34.3 Å². The number of methoxy groups -OCH3 is 3. The Labute approximate surface area is 298 Å². The van der Waals surface area contributed by atoms with Crippen LogP contribution in [0.15, 0.2) is 60.2 Å². The Balaban J connectivity index is 0.00000337. The molecule has 1 heterocycles. The Morgan fingerprint density at radius 2 is 1.45 bits per heavy atom. The van der Waals surface area contributed by atoms with E-state index >= 15 is 0 Å². The summed E-state index contributed by atoms with van der Waals surface area (Å²) in [5.41, 5.74) is 0.466. The van der Waals surface area contributed by atoms with Gasteiger partial charge in [-0.15, -0.1) is 0 Å². The number of hydrogen-bond acceptors (Lipinski definition) is 11. The van der Waals surface area contributed by atoms with Crippen molar-refractivity contribution < 1.29 is 112 Å². The van der Waals surface area contributed by atoms with Gasteiger partial charge >= 0.3 is 59.1 Å². The molecule has 1 aliphatic heterocycles. The van der Waals surface area contributed by atoms with Crippen molar-refractivity contribution in [2.45, 2.75) is 19.3 Å². The molecule has 220 valence electrons. The molecule has 3 aromatic carbocycles. The first-order chi connectivity index (χ1) is 20.2. The minimum Gasteiger partial charge on any atom is -0.550 e. The van der Waals surface area contributed by atoms with E-state index in [0.29, 0.717) is 22.8 Å². The molecule has 0 bridgehead atoms. The number of ketones is 1. The van der Waals surface area contributed by atoms with Crippen molar-refractivity contribution in [3.63, 3.8) is 0 Å². The summed E-state index contributed by atoms with van der Waals surface area (Å²) in [6.07, 6.45) is -0.191. The van der Waals surface area contributed by atoms with E-state index in [-0.39, 0.29) is 131 Å². The smallest absolute Gasteiger partial charge is 0.550 e. The van der Waals surface area contributed by atoms with E-state index in [1.807, 2.05) is 0 Å². The normalized spacial score (nSPS) is 11.7. The Hall–Kier alpha value is -3.19. The summed E-state index contributed by atoms with van der Waals surface area (Å²) >= 11 is 0. The van der Waals surface area contributed by atoms with E-state index in [0.717, 1.165) is 0 Å². The Bertz CT molecular complexity index is 1520. The number of benzene rings is 3. The number of carboxylic acid groups (broad SMARTS) is 2. The molecule has 0 aliphatic carbocycles. The second-order valence-corrected chi connectivity index (χ2v) is 9.10. The van der Waals surface area contributed by atoms with E-state index in [9.17, 15) is 24.6 Å². The van der Waals surface area contributed by atoms with E-state index in [1.54, 1.807) is 30.3 Å². The number of carbonyl (C=O) groups excluding carboxylic acids is 3. The standard InChI is InChI=1S/C31H30O11.2Na/c1-37-21-9-6-19(7-10-21)29(34)22(28(31(35)36)20-8-11-23-24(16-20)42-17-41-23)13-18-14-25(38-2)30(39-3)26(15-18)40-12-4-5-27(32)33;;/h6-11,14-16H,4-5,12-13,17H2,1-3H3,(H,32,33)(H,35,36);;/q;2*+1/p-2/b28-22-;;. The predicted molar refractivity (Wildman–Crippen MR) is 145 cm³/mol.